The van der Waals surface area contributed by atoms with E-state index in [1.165, 1.54) is 7.11 Å². The molecule has 0 aliphatic heterocycles. The Balaban J connectivity index is 1.80. The van der Waals surface area contributed by atoms with Crippen LogP contribution in [0.5, 0.6) is 0 Å². The van der Waals surface area contributed by atoms with Crippen molar-refractivity contribution in [3.05, 3.63) is 78.0 Å². The summed E-state index contributed by atoms with van der Waals surface area (Å²) in [7, 11) is 1.30. The minimum atomic E-state index is -0.800. The SMILES string of the molecule is COC(=O)[C@H](Cc1ccc2ccccc2n1)NC(=O)c1ccccc1. The summed E-state index contributed by atoms with van der Waals surface area (Å²) >= 11 is 0. The molecule has 2 aromatic carbocycles. The summed E-state index contributed by atoms with van der Waals surface area (Å²) in [4.78, 5) is 29.0. The van der Waals surface area contributed by atoms with Gasteiger partial charge in [-0.1, -0.05) is 42.5 Å². The second-order valence-corrected chi connectivity index (χ2v) is 5.61. The van der Waals surface area contributed by atoms with Crippen molar-refractivity contribution in [3.8, 4) is 0 Å². The summed E-state index contributed by atoms with van der Waals surface area (Å²) in [6.45, 7) is 0. The Hall–Kier alpha value is -3.21. The van der Waals surface area contributed by atoms with Crippen molar-refractivity contribution in [1.29, 1.82) is 0 Å². The van der Waals surface area contributed by atoms with Gasteiger partial charge in [-0.3, -0.25) is 9.78 Å². The summed E-state index contributed by atoms with van der Waals surface area (Å²) < 4.78 is 4.83. The van der Waals surface area contributed by atoms with Crippen molar-refractivity contribution < 1.29 is 14.3 Å². The Kier molecular flexibility index (Phi) is 5.04. The molecule has 0 radical (unpaired) electrons. The number of nitrogens with one attached hydrogen (secondary N) is 1. The van der Waals surface area contributed by atoms with E-state index in [1.807, 2.05) is 42.5 Å². The molecule has 3 aromatic rings. The molecule has 1 amide bonds. The van der Waals surface area contributed by atoms with Crippen LogP contribution in [0.1, 0.15) is 16.1 Å². The number of hydrogen-bond donors (Lipinski definition) is 1. The predicted octanol–water partition coefficient (Wildman–Crippen LogP) is 2.75. The quantitative estimate of drug-likeness (QED) is 0.729. The summed E-state index contributed by atoms with van der Waals surface area (Å²) in [5.74, 6) is -0.823. The van der Waals surface area contributed by atoms with Gasteiger partial charge in [0.15, 0.2) is 0 Å². The maximum Gasteiger partial charge on any atom is 0.328 e. The number of pyridine rings is 1. The number of rotatable bonds is 5. The van der Waals surface area contributed by atoms with Gasteiger partial charge in [-0.05, 0) is 24.3 Å². The number of fused-ring (bicyclic) bond motifs is 1. The van der Waals surface area contributed by atoms with Crippen LogP contribution in [-0.2, 0) is 16.0 Å². The van der Waals surface area contributed by atoms with Gasteiger partial charge in [0, 0.05) is 23.1 Å². The number of ether oxygens (including phenoxy) is 1. The average Bonchev–Trinajstić information content (AvgIpc) is 2.67. The number of para-hydroxylation sites is 1. The molecular formula is C20H18N2O3. The highest BCUT2D eigenvalue weighted by Crippen LogP contribution is 2.13. The molecule has 0 fully saturated rings. The Morgan fingerprint density at radius 3 is 2.48 bits per heavy atom. The van der Waals surface area contributed by atoms with Crippen molar-refractivity contribution >= 4 is 22.8 Å². The van der Waals surface area contributed by atoms with E-state index in [0.717, 1.165) is 10.9 Å². The minimum absolute atomic E-state index is 0.260. The van der Waals surface area contributed by atoms with E-state index in [2.05, 4.69) is 10.3 Å². The largest absolute Gasteiger partial charge is 0.467 e. The molecule has 0 aliphatic rings. The molecule has 0 bridgehead atoms. The molecule has 126 valence electrons. The molecule has 1 N–H and O–H groups in total. The number of nitrogens with zero attached hydrogens (tertiary/aromatic N) is 1. The standard InChI is InChI=1S/C20H18N2O3/c1-25-20(24)18(22-19(23)15-8-3-2-4-9-15)13-16-12-11-14-7-5-6-10-17(14)21-16/h2-12,18H,13H2,1H3,(H,22,23)/t18-/m0/s1. The molecule has 1 atom stereocenters. The highest BCUT2D eigenvalue weighted by Gasteiger charge is 2.23. The summed E-state index contributed by atoms with van der Waals surface area (Å²) in [6, 6.07) is 19.5. The lowest BCUT2D eigenvalue weighted by molar-refractivity contribution is -0.142. The monoisotopic (exact) mass is 334 g/mol. The summed E-state index contributed by atoms with van der Waals surface area (Å²) in [5, 5.41) is 3.75. The first-order valence-electron chi connectivity index (χ1n) is 7.96. The second kappa shape index (κ2) is 7.57. The first kappa shape index (κ1) is 16.6. The van der Waals surface area contributed by atoms with Crippen LogP contribution >= 0.6 is 0 Å². The molecule has 5 nitrogen and oxygen atoms in total. The van der Waals surface area contributed by atoms with Gasteiger partial charge in [0.05, 0.1) is 12.6 Å². The molecule has 0 spiro atoms. The van der Waals surface area contributed by atoms with Gasteiger partial charge in [0.2, 0.25) is 0 Å². The van der Waals surface area contributed by atoms with Crippen LogP contribution < -0.4 is 5.32 Å². The number of hydrogen-bond acceptors (Lipinski definition) is 4. The van der Waals surface area contributed by atoms with Gasteiger partial charge in [-0.2, -0.15) is 0 Å². The molecule has 25 heavy (non-hydrogen) atoms. The van der Waals surface area contributed by atoms with E-state index in [1.54, 1.807) is 24.3 Å². The lowest BCUT2D eigenvalue weighted by Crippen LogP contribution is -2.43. The van der Waals surface area contributed by atoms with Crippen LogP contribution in [0.25, 0.3) is 10.9 Å². The summed E-state index contributed by atoms with van der Waals surface area (Å²) in [6.07, 6.45) is 0.260. The Bertz CT molecular complexity index is 894. The van der Waals surface area contributed by atoms with Crippen LogP contribution in [0.2, 0.25) is 0 Å². The lowest BCUT2D eigenvalue weighted by atomic mass is 10.1. The lowest BCUT2D eigenvalue weighted by Gasteiger charge is -2.16. The molecular weight excluding hydrogens is 316 g/mol. The maximum atomic E-state index is 12.3. The highest BCUT2D eigenvalue weighted by atomic mass is 16.5. The number of benzene rings is 2. The van der Waals surface area contributed by atoms with Crippen LogP contribution in [0.3, 0.4) is 0 Å². The smallest absolute Gasteiger partial charge is 0.328 e. The van der Waals surface area contributed by atoms with Crippen molar-refractivity contribution in [3.63, 3.8) is 0 Å². The Morgan fingerprint density at radius 2 is 1.72 bits per heavy atom. The Morgan fingerprint density at radius 1 is 1.00 bits per heavy atom. The molecule has 0 saturated heterocycles. The second-order valence-electron chi connectivity index (χ2n) is 5.61. The molecule has 0 saturated carbocycles. The van der Waals surface area contributed by atoms with Crippen LogP contribution in [0.4, 0.5) is 0 Å². The van der Waals surface area contributed by atoms with E-state index in [0.29, 0.717) is 11.3 Å². The molecule has 0 unspecified atom stereocenters. The van der Waals surface area contributed by atoms with Crippen LogP contribution in [0, 0.1) is 0 Å². The third-order valence-corrected chi connectivity index (χ3v) is 3.90. The molecule has 5 heteroatoms. The normalized spacial score (nSPS) is 11.7. The molecule has 1 aromatic heterocycles. The molecule has 3 rings (SSSR count). The van der Waals surface area contributed by atoms with Gasteiger partial charge in [-0.15, -0.1) is 0 Å². The van der Waals surface area contributed by atoms with E-state index in [-0.39, 0.29) is 12.3 Å². The third-order valence-electron chi connectivity index (χ3n) is 3.90. The highest BCUT2D eigenvalue weighted by molar-refractivity contribution is 5.96. The van der Waals surface area contributed by atoms with Crippen LogP contribution in [-0.4, -0.2) is 30.0 Å². The zero-order valence-electron chi connectivity index (χ0n) is 13.8. The van der Waals surface area contributed by atoms with Crippen molar-refractivity contribution in [2.45, 2.75) is 12.5 Å². The fourth-order valence-corrected chi connectivity index (χ4v) is 2.60. The first-order valence-corrected chi connectivity index (χ1v) is 7.96. The molecule has 1 heterocycles. The van der Waals surface area contributed by atoms with Gasteiger partial charge in [0.25, 0.3) is 5.91 Å². The van der Waals surface area contributed by atoms with Crippen molar-refractivity contribution in [2.75, 3.05) is 7.11 Å². The number of carbonyl (C=O) groups excluding carboxylic acids is 2. The topological polar surface area (TPSA) is 68.3 Å². The van der Waals surface area contributed by atoms with Gasteiger partial charge < -0.3 is 10.1 Å². The number of carbonyl (C=O) groups is 2. The summed E-state index contributed by atoms with van der Waals surface area (Å²) in [5.41, 5.74) is 2.04. The Labute approximate surface area is 145 Å². The average molecular weight is 334 g/mol. The van der Waals surface area contributed by atoms with Gasteiger partial charge in [0.1, 0.15) is 6.04 Å². The van der Waals surface area contributed by atoms with Crippen molar-refractivity contribution in [2.24, 2.45) is 0 Å². The predicted molar refractivity (Wildman–Crippen MR) is 95.2 cm³/mol. The van der Waals surface area contributed by atoms with Gasteiger partial charge in [-0.25, -0.2) is 4.79 Å². The fourth-order valence-electron chi connectivity index (χ4n) is 2.60. The van der Waals surface area contributed by atoms with E-state index < -0.39 is 12.0 Å². The first-order chi connectivity index (χ1) is 12.2. The zero-order valence-corrected chi connectivity index (χ0v) is 13.8. The third kappa shape index (κ3) is 4.01. The number of amides is 1. The van der Waals surface area contributed by atoms with Gasteiger partial charge >= 0.3 is 5.97 Å². The van der Waals surface area contributed by atoms with Crippen LogP contribution in [0.15, 0.2) is 66.7 Å². The van der Waals surface area contributed by atoms with E-state index >= 15 is 0 Å². The van der Waals surface area contributed by atoms with E-state index in [9.17, 15) is 9.59 Å². The molecule has 0 aliphatic carbocycles. The number of esters is 1. The number of methoxy groups -OCH3 is 1. The minimum Gasteiger partial charge on any atom is -0.467 e. The number of aromatic nitrogens is 1. The maximum absolute atomic E-state index is 12.3. The zero-order chi connectivity index (χ0) is 17.6. The van der Waals surface area contributed by atoms with E-state index in [4.69, 9.17) is 4.74 Å². The fraction of sp³-hybridized carbons (Fsp3) is 0.150. The van der Waals surface area contributed by atoms with Crippen molar-refractivity contribution in [1.82, 2.24) is 10.3 Å².